The molecule has 2 rings (SSSR count). The van der Waals surface area contributed by atoms with Crippen LogP contribution in [0, 0.1) is 0 Å². The minimum Gasteiger partial charge on any atom is -0.481 e. The second-order valence-corrected chi connectivity index (χ2v) is 5.84. The molecule has 2 aromatic rings. The van der Waals surface area contributed by atoms with Gasteiger partial charge < -0.3 is 14.9 Å². The van der Waals surface area contributed by atoms with Crippen LogP contribution in [-0.4, -0.2) is 27.1 Å². The fourth-order valence-electron chi connectivity index (χ4n) is 2.10. The summed E-state index contributed by atoms with van der Waals surface area (Å²) in [6, 6.07) is 7.18. The van der Waals surface area contributed by atoms with Crippen LogP contribution >= 0.6 is 0 Å². The lowest BCUT2D eigenvalue weighted by molar-refractivity contribution is -0.137. The Morgan fingerprint density at radius 3 is 2.71 bits per heavy atom. The molecule has 128 valence electrons. The quantitative estimate of drug-likeness (QED) is 0.770. The van der Waals surface area contributed by atoms with E-state index in [4.69, 9.17) is 9.63 Å². The molecule has 7 heteroatoms. The van der Waals surface area contributed by atoms with Crippen LogP contribution in [0.4, 0.5) is 5.69 Å². The minimum absolute atomic E-state index is 0.0622. The molecule has 0 aliphatic heterocycles. The first-order valence-electron chi connectivity index (χ1n) is 7.87. The highest BCUT2D eigenvalue weighted by Crippen LogP contribution is 2.14. The van der Waals surface area contributed by atoms with E-state index in [9.17, 15) is 9.59 Å². The molecule has 0 aliphatic carbocycles. The lowest BCUT2D eigenvalue weighted by Gasteiger charge is -2.06. The molecule has 1 amide bonds. The van der Waals surface area contributed by atoms with Gasteiger partial charge in [0.1, 0.15) is 0 Å². The second kappa shape index (κ2) is 8.24. The molecule has 0 saturated carbocycles. The maximum absolute atomic E-state index is 12.0. The van der Waals surface area contributed by atoms with Crippen LogP contribution in [0.2, 0.25) is 0 Å². The third-order valence-corrected chi connectivity index (χ3v) is 3.40. The van der Waals surface area contributed by atoms with Gasteiger partial charge in [-0.25, -0.2) is 0 Å². The van der Waals surface area contributed by atoms with Gasteiger partial charge >= 0.3 is 5.97 Å². The van der Waals surface area contributed by atoms with Crippen molar-refractivity contribution in [2.75, 3.05) is 5.32 Å². The number of carbonyl (C=O) groups excluding carboxylic acids is 1. The Morgan fingerprint density at radius 2 is 2.04 bits per heavy atom. The van der Waals surface area contributed by atoms with Crippen LogP contribution in [0.15, 0.2) is 28.8 Å². The highest BCUT2D eigenvalue weighted by atomic mass is 16.5. The number of aliphatic carboxylic acids is 1. The van der Waals surface area contributed by atoms with Crippen molar-refractivity contribution in [3.63, 3.8) is 0 Å². The molecule has 2 N–H and O–H groups in total. The molecule has 0 aliphatic rings. The standard InChI is InChI=1S/C17H21N3O4/c1-11(2)17-19-15(24-20-17)8-7-14(21)18-13-5-3-4-12(10-13)6-9-16(22)23/h3-5,10-11H,6-9H2,1-2H3,(H,18,21)(H,22,23). The zero-order chi connectivity index (χ0) is 17.5. The lowest BCUT2D eigenvalue weighted by atomic mass is 10.1. The number of amides is 1. The number of benzene rings is 1. The van der Waals surface area contributed by atoms with Crippen molar-refractivity contribution < 1.29 is 19.2 Å². The van der Waals surface area contributed by atoms with E-state index < -0.39 is 5.97 Å². The van der Waals surface area contributed by atoms with Crippen molar-refractivity contribution >= 4 is 17.6 Å². The third-order valence-electron chi connectivity index (χ3n) is 3.40. The van der Waals surface area contributed by atoms with Crippen molar-refractivity contribution in [1.29, 1.82) is 0 Å². The molecule has 0 fully saturated rings. The number of nitrogens with one attached hydrogen (secondary N) is 1. The van der Waals surface area contributed by atoms with E-state index in [1.54, 1.807) is 18.2 Å². The number of anilines is 1. The van der Waals surface area contributed by atoms with Crippen LogP contribution in [0.25, 0.3) is 0 Å². The van der Waals surface area contributed by atoms with Crippen molar-refractivity contribution in [2.45, 2.75) is 45.4 Å². The van der Waals surface area contributed by atoms with Gasteiger partial charge in [0.2, 0.25) is 11.8 Å². The fourth-order valence-corrected chi connectivity index (χ4v) is 2.10. The van der Waals surface area contributed by atoms with Gasteiger partial charge in [0, 0.05) is 30.9 Å². The molecular weight excluding hydrogens is 310 g/mol. The summed E-state index contributed by atoms with van der Waals surface area (Å²) in [5, 5.41) is 15.4. The van der Waals surface area contributed by atoms with E-state index >= 15 is 0 Å². The number of carbonyl (C=O) groups is 2. The molecule has 7 nitrogen and oxygen atoms in total. The first kappa shape index (κ1) is 17.7. The first-order chi connectivity index (χ1) is 11.4. The monoisotopic (exact) mass is 331 g/mol. The lowest BCUT2D eigenvalue weighted by Crippen LogP contribution is -2.12. The number of aryl methyl sites for hydroxylation is 2. The molecule has 0 atom stereocenters. The van der Waals surface area contributed by atoms with Crippen LogP contribution in [0.5, 0.6) is 0 Å². The Labute approximate surface area is 140 Å². The summed E-state index contributed by atoms with van der Waals surface area (Å²) in [5.74, 6) is 0.268. The van der Waals surface area contributed by atoms with Crippen LogP contribution in [0.3, 0.4) is 0 Å². The molecule has 0 bridgehead atoms. The van der Waals surface area contributed by atoms with Gasteiger partial charge in [-0.15, -0.1) is 0 Å². The van der Waals surface area contributed by atoms with E-state index in [1.165, 1.54) is 0 Å². The summed E-state index contributed by atoms with van der Waals surface area (Å²) in [6.45, 7) is 3.94. The van der Waals surface area contributed by atoms with E-state index in [0.29, 0.717) is 30.2 Å². The van der Waals surface area contributed by atoms with Crippen molar-refractivity contribution in [3.8, 4) is 0 Å². The largest absolute Gasteiger partial charge is 0.481 e. The van der Waals surface area contributed by atoms with Gasteiger partial charge in [-0.1, -0.05) is 31.1 Å². The molecular formula is C17H21N3O4. The van der Waals surface area contributed by atoms with E-state index in [2.05, 4.69) is 15.5 Å². The predicted octanol–water partition coefficient (Wildman–Crippen LogP) is 2.78. The molecule has 0 radical (unpaired) electrons. The Bertz CT molecular complexity index is 709. The maximum atomic E-state index is 12.0. The Hall–Kier alpha value is -2.70. The molecule has 24 heavy (non-hydrogen) atoms. The van der Waals surface area contributed by atoms with Gasteiger partial charge in [0.05, 0.1) is 0 Å². The SMILES string of the molecule is CC(C)c1noc(CCC(=O)Nc2cccc(CCC(=O)O)c2)n1. The Kier molecular flexibility index (Phi) is 6.06. The summed E-state index contributed by atoms with van der Waals surface area (Å²) in [5.41, 5.74) is 1.52. The normalized spacial score (nSPS) is 10.8. The fraction of sp³-hybridized carbons (Fsp3) is 0.412. The van der Waals surface area contributed by atoms with Crippen molar-refractivity contribution in [3.05, 3.63) is 41.5 Å². The highest BCUT2D eigenvalue weighted by Gasteiger charge is 2.11. The van der Waals surface area contributed by atoms with Gasteiger partial charge in [-0.3, -0.25) is 9.59 Å². The second-order valence-electron chi connectivity index (χ2n) is 5.84. The average molecular weight is 331 g/mol. The van der Waals surface area contributed by atoms with Crippen LogP contribution in [0.1, 0.15) is 49.9 Å². The molecule has 1 heterocycles. The average Bonchev–Trinajstić information content (AvgIpc) is 3.01. The predicted molar refractivity (Wildman–Crippen MR) is 87.7 cm³/mol. The maximum Gasteiger partial charge on any atom is 0.303 e. The van der Waals surface area contributed by atoms with Crippen LogP contribution < -0.4 is 5.32 Å². The summed E-state index contributed by atoms with van der Waals surface area (Å²) in [4.78, 5) is 26.8. The Morgan fingerprint density at radius 1 is 1.25 bits per heavy atom. The molecule has 0 saturated heterocycles. The Balaban J connectivity index is 1.85. The van der Waals surface area contributed by atoms with E-state index in [0.717, 1.165) is 5.56 Å². The summed E-state index contributed by atoms with van der Waals surface area (Å²) >= 11 is 0. The van der Waals surface area contributed by atoms with E-state index in [-0.39, 0.29) is 24.7 Å². The summed E-state index contributed by atoms with van der Waals surface area (Å²) in [7, 11) is 0. The zero-order valence-corrected chi connectivity index (χ0v) is 13.8. The van der Waals surface area contributed by atoms with Gasteiger partial charge in [0.25, 0.3) is 0 Å². The highest BCUT2D eigenvalue weighted by molar-refractivity contribution is 5.90. The van der Waals surface area contributed by atoms with Gasteiger partial charge in [0.15, 0.2) is 5.82 Å². The number of nitrogens with zero attached hydrogens (tertiary/aromatic N) is 2. The van der Waals surface area contributed by atoms with E-state index in [1.807, 2.05) is 19.9 Å². The van der Waals surface area contributed by atoms with Crippen LogP contribution in [-0.2, 0) is 22.4 Å². The van der Waals surface area contributed by atoms with Gasteiger partial charge in [-0.2, -0.15) is 4.98 Å². The molecule has 0 spiro atoms. The third kappa shape index (κ3) is 5.49. The number of carboxylic acids is 1. The smallest absolute Gasteiger partial charge is 0.303 e. The summed E-state index contributed by atoms with van der Waals surface area (Å²) < 4.78 is 5.10. The number of aromatic nitrogens is 2. The molecule has 0 unspecified atom stereocenters. The number of carboxylic acid groups (broad SMARTS) is 1. The zero-order valence-electron chi connectivity index (χ0n) is 13.8. The number of hydrogen-bond donors (Lipinski definition) is 2. The molecule has 1 aromatic carbocycles. The summed E-state index contributed by atoms with van der Waals surface area (Å²) in [6.07, 6.45) is 1.11. The topological polar surface area (TPSA) is 105 Å². The first-order valence-corrected chi connectivity index (χ1v) is 7.87. The number of rotatable bonds is 8. The minimum atomic E-state index is -0.843. The van der Waals surface area contributed by atoms with Crippen molar-refractivity contribution in [1.82, 2.24) is 10.1 Å². The molecule has 1 aromatic heterocycles. The number of hydrogen-bond acceptors (Lipinski definition) is 5. The van der Waals surface area contributed by atoms with Gasteiger partial charge in [-0.05, 0) is 24.1 Å². The van der Waals surface area contributed by atoms with Crippen molar-refractivity contribution in [2.24, 2.45) is 0 Å².